The third-order valence-electron chi connectivity index (χ3n) is 2.73. The average Bonchev–Trinajstić information content (AvgIpc) is 2.99. The van der Waals surface area contributed by atoms with Crippen LogP contribution in [0.5, 0.6) is 5.75 Å². The van der Waals surface area contributed by atoms with Gasteiger partial charge in [-0.1, -0.05) is 17.7 Å². The van der Waals surface area contributed by atoms with Crippen LogP contribution in [0.4, 0.5) is 0 Å². The smallest absolute Gasteiger partial charge is 0.137 e. The summed E-state index contributed by atoms with van der Waals surface area (Å²) in [7, 11) is 0. The van der Waals surface area contributed by atoms with Crippen molar-refractivity contribution in [1.29, 1.82) is 0 Å². The van der Waals surface area contributed by atoms with Gasteiger partial charge in [-0.15, -0.1) is 0 Å². The van der Waals surface area contributed by atoms with E-state index in [0.717, 1.165) is 24.7 Å². The molecular weight excluding hydrogens is 222 g/mol. The highest BCUT2D eigenvalue weighted by atomic mass is 35.5. The molecule has 1 aliphatic carbocycles. The van der Waals surface area contributed by atoms with Crippen molar-refractivity contribution in [2.75, 3.05) is 6.61 Å². The lowest BCUT2D eigenvalue weighted by Gasteiger charge is -2.10. The molecule has 0 aromatic heterocycles. The Balaban J connectivity index is 1.97. The maximum atomic E-state index is 6.15. The maximum absolute atomic E-state index is 6.15. The van der Waals surface area contributed by atoms with Crippen LogP contribution in [0.2, 0.25) is 5.02 Å². The number of hydrogen-bond donors (Lipinski definition) is 1. The van der Waals surface area contributed by atoms with Crippen molar-refractivity contribution in [3.05, 3.63) is 28.8 Å². The van der Waals surface area contributed by atoms with Gasteiger partial charge in [0.05, 0.1) is 11.6 Å². The fourth-order valence-electron chi connectivity index (χ4n) is 1.65. The minimum atomic E-state index is 0.161. The monoisotopic (exact) mass is 239 g/mol. The van der Waals surface area contributed by atoms with E-state index in [9.17, 15) is 0 Å². The van der Waals surface area contributed by atoms with Gasteiger partial charge < -0.3 is 10.5 Å². The van der Waals surface area contributed by atoms with Gasteiger partial charge in [-0.05, 0) is 49.8 Å². The Morgan fingerprint density at radius 3 is 2.81 bits per heavy atom. The average molecular weight is 240 g/mol. The van der Waals surface area contributed by atoms with Crippen molar-refractivity contribution in [2.45, 2.75) is 32.2 Å². The van der Waals surface area contributed by atoms with Crippen molar-refractivity contribution >= 4 is 11.6 Å². The summed E-state index contributed by atoms with van der Waals surface area (Å²) in [4.78, 5) is 0. The Kier molecular flexibility index (Phi) is 3.72. The van der Waals surface area contributed by atoms with Gasteiger partial charge in [0.1, 0.15) is 5.75 Å². The number of hydrogen-bond acceptors (Lipinski definition) is 2. The van der Waals surface area contributed by atoms with Crippen molar-refractivity contribution in [3.8, 4) is 5.75 Å². The molecule has 1 atom stereocenters. The zero-order valence-corrected chi connectivity index (χ0v) is 10.3. The van der Waals surface area contributed by atoms with E-state index in [-0.39, 0.29) is 6.04 Å². The predicted octanol–water partition coefficient (Wildman–Crippen LogP) is 3.02. The van der Waals surface area contributed by atoms with Crippen LogP contribution in [0.1, 0.15) is 25.3 Å². The van der Waals surface area contributed by atoms with E-state index in [4.69, 9.17) is 22.1 Å². The molecule has 0 aliphatic heterocycles. The Bertz CT molecular complexity index is 361. The molecule has 3 heteroatoms. The molecule has 0 spiro atoms. The molecular formula is C13H18ClNO. The topological polar surface area (TPSA) is 35.2 Å². The minimum absolute atomic E-state index is 0.161. The number of halogens is 1. The molecule has 1 saturated carbocycles. The maximum Gasteiger partial charge on any atom is 0.137 e. The van der Waals surface area contributed by atoms with Gasteiger partial charge in [-0.3, -0.25) is 0 Å². The van der Waals surface area contributed by atoms with E-state index in [1.54, 1.807) is 0 Å². The van der Waals surface area contributed by atoms with E-state index < -0.39 is 0 Å². The predicted molar refractivity (Wildman–Crippen MR) is 67.0 cm³/mol. The first-order valence-electron chi connectivity index (χ1n) is 5.82. The van der Waals surface area contributed by atoms with E-state index >= 15 is 0 Å². The quantitative estimate of drug-likeness (QED) is 0.857. The summed E-state index contributed by atoms with van der Waals surface area (Å²) in [6.07, 6.45) is 3.43. The summed E-state index contributed by atoms with van der Waals surface area (Å²) in [5, 5.41) is 0.693. The fourth-order valence-corrected chi connectivity index (χ4v) is 1.91. The number of benzene rings is 1. The third kappa shape index (κ3) is 3.39. The lowest BCUT2D eigenvalue weighted by molar-refractivity contribution is 0.300. The van der Waals surface area contributed by atoms with Crippen LogP contribution < -0.4 is 10.5 Å². The van der Waals surface area contributed by atoms with Crippen molar-refractivity contribution in [3.63, 3.8) is 0 Å². The van der Waals surface area contributed by atoms with Crippen LogP contribution in [0, 0.1) is 5.92 Å². The summed E-state index contributed by atoms with van der Waals surface area (Å²) in [5.74, 6) is 1.54. The van der Waals surface area contributed by atoms with Crippen LogP contribution in [-0.2, 0) is 6.42 Å². The Labute approximate surface area is 102 Å². The van der Waals surface area contributed by atoms with E-state index in [1.165, 1.54) is 18.4 Å². The normalized spacial score (nSPS) is 17.2. The summed E-state index contributed by atoms with van der Waals surface area (Å²) >= 11 is 6.15. The second-order valence-corrected chi connectivity index (χ2v) is 5.11. The Morgan fingerprint density at radius 1 is 1.50 bits per heavy atom. The Hall–Kier alpha value is -0.730. The molecule has 0 radical (unpaired) electrons. The van der Waals surface area contributed by atoms with Gasteiger partial charge in [0, 0.05) is 6.04 Å². The molecule has 1 aromatic carbocycles. The van der Waals surface area contributed by atoms with E-state index in [0.29, 0.717) is 5.02 Å². The molecule has 0 bridgehead atoms. The summed E-state index contributed by atoms with van der Waals surface area (Å²) in [6.45, 7) is 2.79. The number of nitrogens with two attached hydrogens (primary N) is 1. The van der Waals surface area contributed by atoms with Crippen LogP contribution in [0.3, 0.4) is 0 Å². The van der Waals surface area contributed by atoms with Crippen molar-refractivity contribution < 1.29 is 4.74 Å². The minimum Gasteiger partial charge on any atom is -0.492 e. The molecule has 0 amide bonds. The molecule has 1 aromatic rings. The zero-order chi connectivity index (χ0) is 11.5. The SMILES string of the molecule is CC(N)Cc1ccc(OCC2CC2)c(Cl)c1. The van der Waals surface area contributed by atoms with Crippen LogP contribution in [0.15, 0.2) is 18.2 Å². The van der Waals surface area contributed by atoms with Crippen molar-refractivity contribution in [1.82, 2.24) is 0 Å². The van der Waals surface area contributed by atoms with Gasteiger partial charge in [0.25, 0.3) is 0 Å². The fraction of sp³-hybridized carbons (Fsp3) is 0.538. The highest BCUT2D eigenvalue weighted by Gasteiger charge is 2.22. The molecule has 2 rings (SSSR count). The van der Waals surface area contributed by atoms with E-state index in [2.05, 4.69) is 0 Å². The molecule has 16 heavy (non-hydrogen) atoms. The lowest BCUT2D eigenvalue weighted by Crippen LogP contribution is -2.17. The van der Waals surface area contributed by atoms with Gasteiger partial charge in [0.15, 0.2) is 0 Å². The highest BCUT2D eigenvalue weighted by Crippen LogP contribution is 2.32. The van der Waals surface area contributed by atoms with Gasteiger partial charge in [-0.25, -0.2) is 0 Å². The standard InChI is InChI=1S/C13H18ClNO/c1-9(15)6-11-4-5-13(12(14)7-11)16-8-10-2-3-10/h4-5,7,9-10H,2-3,6,8,15H2,1H3. The molecule has 88 valence electrons. The zero-order valence-electron chi connectivity index (χ0n) is 9.58. The summed E-state index contributed by atoms with van der Waals surface area (Å²) in [6, 6.07) is 6.10. The first-order chi connectivity index (χ1) is 7.65. The molecule has 2 nitrogen and oxygen atoms in total. The van der Waals surface area contributed by atoms with Gasteiger partial charge in [-0.2, -0.15) is 0 Å². The molecule has 1 unspecified atom stereocenters. The van der Waals surface area contributed by atoms with Gasteiger partial charge >= 0.3 is 0 Å². The second-order valence-electron chi connectivity index (χ2n) is 4.70. The molecule has 1 fully saturated rings. The molecule has 1 aliphatic rings. The van der Waals surface area contributed by atoms with Crippen LogP contribution in [0.25, 0.3) is 0 Å². The Morgan fingerprint density at radius 2 is 2.25 bits per heavy atom. The van der Waals surface area contributed by atoms with Crippen LogP contribution in [-0.4, -0.2) is 12.6 Å². The third-order valence-corrected chi connectivity index (χ3v) is 3.02. The summed E-state index contributed by atoms with van der Waals surface area (Å²) < 4.78 is 5.66. The number of rotatable bonds is 5. The lowest BCUT2D eigenvalue weighted by atomic mass is 10.1. The molecule has 0 heterocycles. The van der Waals surface area contributed by atoms with Gasteiger partial charge in [0.2, 0.25) is 0 Å². The molecule has 0 saturated heterocycles. The van der Waals surface area contributed by atoms with E-state index in [1.807, 2.05) is 25.1 Å². The largest absolute Gasteiger partial charge is 0.492 e. The second kappa shape index (κ2) is 5.07. The molecule has 2 N–H and O–H groups in total. The number of ether oxygens (including phenoxy) is 1. The first-order valence-corrected chi connectivity index (χ1v) is 6.20. The summed E-state index contributed by atoms with van der Waals surface area (Å²) in [5.41, 5.74) is 6.91. The van der Waals surface area contributed by atoms with Crippen molar-refractivity contribution in [2.24, 2.45) is 11.7 Å². The highest BCUT2D eigenvalue weighted by molar-refractivity contribution is 6.32. The first kappa shape index (κ1) is 11.7. The van der Waals surface area contributed by atoms with Crippen LogP contribution >= 0.6 is 11.6 Å².